The van der Waals surface area contributed by atoms with Gasteiger partial charge in [-0.25, -0.2) is 0 Å². The van der Waals surface area contributed by atoms with Crippen molar-refractivity contribution in [1.82, 2.24) is 0 Å². The zero-order valence-corrected chi connectivity index (χ0v) is 13.0. The Hall–Kier alpha value is -1.74. The molecule has 0 spiro atoms. The van der Waals surface area contributed by atoms with Crippen molar-refractivity contribution in [2.75, 3.05) is 24.2 Å². The fraction of sp³-hybridized carbons (Fsp3) is 0.278. The lowest BCUT2D eigenvalue weighted by molar-refractivity contribution is 0.0998. The van der Waals surface area contributed by atoms with Gasteiger partial charge in [0.25, 0.3) is 0 Å². The molecule has 1 heterocycles. The lowest BCUT2D eigenvalue weighted by Crippen LogP contribution is -2.34. The average molecular weight is 297 g/mol. The van der Waals surface area contributed by atoms with Crippen LogP contribution in [-0.2, 0) is 6.42 Å². The smallest absolute Gasteiger partial charge is 0.182 e. The summed E-state index contributed by atoms with van der Waals surface area (Å²) in [6, 6.07) is 16.3. The first-order valence-electron chi connectivity index (χ1n) is 7.28. The number of para-hydroxylation sites is 1. The van der Waals surface area contributed by atoms with Crippen LogP contribution >= 0.6 is 11.8 Å². The zero-order chi connectivity index (χ0) is 14.7. The van der Waals surface area contributed by atoms with Crippen LogP contribution in [0.5, 0.6) is 0 Å². The predicted molar refractivity (Wildman–Crippen MR) is 89.5 cm³/mol. The second-order valence-electron chi connectivity index (χ2n) is 5.31. The molecule has 0 aliphatic carbocycles. The number of benzene rings is 2. The van der Waals surface area contributed by atoms with E-state index in [0.29, 0.717) is 6.54 Å². The summed E-state index contributed by atoms with van der Waals surface area (Å²) in [5.74, 6) is 0.194. The summed E-state index contributed by atoms with van der Waals surface area (Å²) in [6.07, 6.45) is 4.28. The molecule has 108 valence electrons. The molecule has 1 aliphatic rings. The first-order valence-corrected chi connectivity index (χ1v) is 8.50. The second kappa shape index (κ2) is 6.35. The van der Waals surface area contributed by atoms with Crippen molar-refractivity contribution in [3.63, 3.8) is 0 Å². The van der Waals surface area contributed by atoms with Gasteiger partial charge in [-0.15, -0.1) is 11.8 Å². The number of thioether (sulfide) groups is 1. The number of aryl methyl sites for hydroxylation is 1. The first kappa shape index (κ1) is 14.2. The highest BCUT2D eigenvalue weighted by Crippen LogP contribution is 2.26. The van der Waals surface area contributed by atoms with Gasteiger partial charge >= 0.3 is 0 Å². The number of hydrogen-bond donors (Lipinski definition) is 0. The quantitative estimate of drug-likeness (QED) is 0.627. The van der Waals surface area contributed by atoms with Crippen LogP contribution in [0.4, 0.5) is 5.69 Å². The molecule has 0 radical (unpaired) electrons. The molecule has 0 atom stereocenters. The molecule has 3 rings (SSSR count). The molecule has 0 bridgehead atoms. The van der Waals surface area contributed by atoms with Crippen LogP contribution in [0.15, 0.2) is 53.4 Å². The van der Waals surface area contributed by atoms with E-state index in [2.05, 4.69) is 29.2 Å². The average Bonchev–Trinajstić information content (AvgIpc) is 2.55. The van der Waals surface area contributed by atoms with E-state index in [0.717, 1.165) is 24.9 Å². The lowest BCUT2D eigenvalue weighted by atomic mass is 10.0. The van der Waals surface area contributed by atoms with E-state index >= 15 is 0 Å². The van der Waals surface area contributed by atoms with Crippen molar-refractivity contribution in [1.29, 1.82) is 0 Å². The van der Waals surface area contributed by atoms with Gasteiger partial charge in [0.15, 0.2) is 5.78 Å². The number of Topliss-reactive ketones (excluding diaryl/α,β-unsaturated/α-hetero) is 1. The largest absolute Gasteiger partial charge is 0.364 e. The minimum absolute atomic E-state index is 0.194. The van der Waals surface area contributed by atoms with E-state index in [9.17, 15) is 4.79 Å². The van der Waals surface area contributed by atoms with Crippen LogP contribution in [0, 0.1) is 0 Å². The second-order valence-corrected chi connectivity index (χ2v) is 6.19. The Morgan fingerprint density at radius 3 is 2.67 bits per heavy atom. The van der Waals surface area contributed by atoms with Crippen LogP contribution in [-0.4, -0.2) is 25.1 Å². The number of nitrogens with zero attached hydrogens (tertiary/aromatic N) is 1. The van der Waals surface area contributed by atoms with E-state index in [1.807, 2.05) is 30.5 Å². The minimum atomic E-state index is 0.194. The van der Waals surface area contributed by atoms with Gasteiger partial charge in [-0.2, -0.15) is 0 Å². The summed E-state index contributed by atoms with van der Waals surface area (Å²) < 4.78 is 0. The maximum Gasteiger partial charge on any atom is 0.182 e. The number of anilines is 1. The zero-order valence-electron chi connectivity index (χ0n) is 12.2. The van der Waals surface area contributed by atoms with Gasteiger partial charge in [-0.1, -0.05) is 30.3 Å². The molecular formula is C18H19NOS. The third-order valence-corrected chi connectivity index (χ3v) is 4.70. The molecule has 0 N–H and O–H groups in total. The van der Waals surface area contributed by atoms with Crippen molar-refractivity contribution in [2.24, 2.45) is 0 Å². The molecular weight excluding hydrogens is 278 g/mol. The maximum atomic E-state index is 12.5. The van der Waals surface area contributed by atoms with Gasteiger partial charge < -0.3 is 4.90 Å². The van der Waals surface area contributed by atoms with Gasteiger partial charge in [-0.3, -0.25) is 4.79 Å². The SMILES string of the molecule is CSc1ccc(C(=O)CN2CCCc3ccccc32)cc1. The first-order chi connectivity index (χ1) is 10.3. The van der Waals surface area contributed by atoms with E-state index in [4.69, 9.17) is 0 Å². The number of carbonyl (C=O) groups is 1. The summed E-state index contributed by atoms with van der Waals surface area (Å²) >= 11 is 1.69. The number of carbonyl (C=O) groups excluding carboxylic acids is 1. The third-order valence-electron chi connectivity index (χ3n) is 3.95. The van der Waals surface area contributed by atoms with Gasteiger partial charge in [0.05, 0.1) is 6.54 Å². The minimum Gasteiger partial charge on any atom is -0.364 e. The van der Waals surface area contributed by atoms with Crippen molar-refractivity contribution >= 4 is 23.2 Å². The van der Waals surface area contributed by atoms with Crippen LogP contribution in [0.2, 0.25) is 0 Å². The predicted octanol–water partition coefficient (Wildman–Crippen LogP) is 4.04. The molecule has 0 aromatic heterocycles. The van der Waals surface area contributed by atoms with Gasteiger partial charge in [0.1, 0.15) is 0 Å². The summed E-state index contributed by atoms with van der Waals surface area (Å²) in [7, 11) is 0. The molecule has 2 nitrogen and oxygen atoms in total. The summed E-state index contributed by atoms with van der Waals surface area (Å²) in [5.41, 5.74) is 3.38. The van der Waals surface area contributed by atoms with Gasteiger partial charge in [0.2, 0.25) is 0 Å². The lowest BCUT2D eigenvalue weighted by Gasteiger charge is -2.30. The van der Waals surface area contributed by atoms with Crippen LogP contribution in [0.1, 0.15) is 22.3 Å². The Balaban J connectivity index is 1.76. The van der Waals surface area contributed by atoms with Crippen molar-refractivity contribution in [3.05, 3.63) is 59.7 Å². The molecule has 3 heteroatoms. The molecule has 2 aromatic rings. The molecule has 0 saturated carbocycles. The van der Waals surface area contributed by atoms with Crippen LogP contribution in [0.3, 0.4) is 0 Å². The molecule has 2 aromatic carbocycles. The van der Waals surface area contributed by atoms with E-state index in [1.54, 1.807) is 11.8 Å². The summed E-state index contributed by atoms with van der Waals surface area (Å²) in [4.78, 5) is 15.9. The standard InChI is InChI=1S/C18H19NOS/c1-21-16-10-8-15(9-11-16)18(20)13-19-12-4-6-14-5-2-3-7-17(14)19/h2-3,5,7-11H,4,6,12-13H2,1H3. The van der Waals surface area contributed by atoms with Gasteiger partial charge in [-0.05, 0) is 42.9 Å². The van der Waals surface area contributed by atoms with Crippen LogP contribution in [0.25, 0.3) is 0 Å². The number of rotatable bonds is 4. The summed E-state index contributed by atoms with van der Waals surface area (Å²) in [6.45, 7) is 1.43. The fourth-order valence-electron chi connectivity index (χ4n) is 2.82. The van der Waals surface area contributed by atoms with Gasteiger partial charge in [0, 0.05) is 22.7 Å². The van der Waals surface area contributed by atoms with E-state index < -0.39 is 0 Å². The monoisotopic (exact) mass is 297 g/mol. The third kappa shape index (κ3) is 3.13. The summed E-state index contributed by atoms with van der Waals surface area (Å²) in [5, 5.41) is 0. The normalized spacial score (nSPS) is 13.9. The molecule has 21 heavy (non-hydrogen) atoms. The molecule has 1 aliphatic heterocycles. The number of fused-ring (bicyclic) bond motifs is 1. The number of hydrogen-bond acceptors (Lipinski definition) is 3. The molecule has 0 amide bonds. The molecule has 0 fully saturated rings. The maximum absolute atomic E-state index is 12.5. The fourth-order valence-corrected chi connectivity index (χ4v) is 3.23. The highest BCUT2D eigenvalue weighted by Gasteiger charge is 2.19. The van der Waals surface area contributed by atoms with Crippen molar-refractivity contribution in [3.8, 4) is 0 Å². The Bertz CT molecular complexity index is 636. The van der Waals surface area contributed by atoms with Crippen LogP contribution < -0.4 is 4.90 Å². The topological polar surface area (TPSA) is 20.3 Å². The van der Waals surface area contributed by atoms with Crippen molar-refractivity contribution in [2.45, 2.75) is 17.7 Å². The number of ketones is 1. The van der Waals surface area contributed by atoms with E-state index in [-0.39, 0.29) is 5.78 Å². The Morgan fingerprint density at radius 2 is 1.90 bits per heavy atom. The Morgan fingerprint density at radius 1 is 1.14 bits per heavy atom. The highest BCUT2D eigenvalue weighted by atomic mass is 32.2. The van der Waals surface area contributed by atoms with E-state index in [1.165, 1.54) is 16.1 Å². The molecule has 0 unspecified atom stereocenters. The Labute approximate surface area is 130 Å². The highest BCUT2D eigenvalue weighted by molar-refractivity contribution is 7.98. The van der Waals surface area contributed by atoms with Crippen molar-refractivity contribution < 1.29 is 4.79 Å². The Kier molecular flexibility index (Phi) is 4.30. The molecule has 0 saturated heterocycles.